The van der Waals surface area contributed by atoms with Crippen molar-refractivity contribution in [2.45, 2.75) is 77.7 Å². The number of aromatic amines is 1. The van der Waals surface area contributed by atoms with Crippen LogP contribution in [0.2, 0.25) is 0 Å². The zero-order valence-corrected chi connectivity index (χ0v) is 31.6. The maximum Gasteiger partial charge on any atom is 0.332 e. The quantitative estimate of drug-likeness (QED) is 0.180. The lowest BCUT2D eigenvalue weighted by Gasteiger charge is -2.37. The van der Waals surface area contributed by atoms with Crippen LogP contribution in [-0.2, 0) is 22.6 Å². The van der Waals surface area contributed by atoms with Crippen LogP contribution >= 0.6 is 0 Å². The SMILES string of the molecule is CCCCn1cc(-c2cc(F)c(CN3CCC(OC4CCN(C(=O)COc5ccc(C)c(-n6ccc(=O)[nH]c6=O)c5)CC4)CC3)c(F)c2)c2ccncc2c1=O. The molecule has 56 heavy (non-hydrogen) atoms. The second-order valence-electron chi connectivity index (χ2n) is 14.6. The zero-order chi connectivity index (χ0) is 39.3. The van der Waals surface area contributed by atoms with Gasteiger partial charge in [-0.3, -0.25) is 33.8 Å². The first-order chi connectivity index (χ1) is 27.1. The van der Waals surface area contributed by atoms with Crippen molar-refractivity contribution in [3.63, 3.8) is 0 Å². The summed E-state index contributed by atoms with van der Waals surface area (Å²) >= 11 is 0. The van der Waals surface area contributed by atoms with Crippen LogP contribution in [0.4, 0.5) is 8.78 Å². The predicted octanol–water partition coefficient (Wildman–Crippen LogP) is 5.34. The zero-order valence-electron chi connectivity index (χ0n) is 31.6. The van der Waals surface area contributed by atoms with Gasteiger partial charge < -0.3 is 18.9 Å². The predicted molar refractivity (Wildman–Crippen MR) is 208 cm³/mol. The highest BCUT2D eigenvalue weighted by atomic mass is 19.1. The number of fused-ring (bicyclic) bond motifs is 1. The number of carbonyl (C=O) groups excluding carboxylic acids is 1. The van der Waals surface area contributed by atoms with E-state index >= 15 is 8.78 Å². The molecular formula is C42H46F2N6O6. The van der Waals surface area contributed by atoms with E-state index in [4.69, 9.17) is 9.47 Å². The Morgan fingerprint density at radius 2 is 1.64 bits per heavy atom. The fourth-order valence-electron chi connectivity index (χ4n) is 7.59. The molecule has 1 N–H and O–H groups in total. The number of likely N-dealkylation sites (tertiary alicyclic amines) is 2. The topological polar surface area (TPSA) is 132 Å². The van der Waals surface area contributed by atoms with Gasteiger partial charge in [0.1, 0.15) is 17.4 Å². The molecule has 0 bridgehead atoms. The Morgan fingerprint density at radius 3 is 2.34 bits per heavy atom. The van der Waals surface area contributed by atoms with E-state index in [2.05, 4.69) is 9.97 Å². The van der Waals surface area contributed by atoms with Gasteiger partial charge in [0.2, 0.25) is 0 Å². The largest absolute Gasteiger partial charge is 0.484 e. The number of ether oxygens (including phenoxy) is 2. The molecule has 0 radical (unpaired) electrons. The van der Waals surface area contributed by atoms with Crippen LogP contribution < -0.4 is 21.5 Å². The van der Waals surface area contributed by atoms with Crippen LogP contribution in [0.1, 0.15) is 56.6 Å². The van der Waals surface area contributed by atoms with Gasteiger partial charge in [-0.15, -0.1) is 0 Å². The van der Waals surface area contributed by atoms with Crippen molar-refractivity contribution in [3.8, 4) is 22.6 Å². The average molecular weight is 769 g/mol. The van der Waals surface area contributed by atoms with Gasteiger partial charge in [0, 0.05) is 87.3 Å². The monoisotopic (exact) mass is 768 g/mol. The molecule has 2 aromatic carbocycles. The number of hydrogen-bond acceptors (Lipinski definition) is 8. The maximum atomic E-state index is 15.6. The second kappa shape index (κ2) is 17.1. The summed E-state index contributed by atoms with van der Waals surface area (Å²) in [5.41, 5.74) is 1.11. The van der Waals surface area contributed by atoms with E-state index in [0.717, 1.165) is 31.2 Å². The van der Waals surface area contributed by atoms with Crippen molar-refractivity contribution in [1.82, 2.24) is 28.9 Å². The van der Waals surface area contributed by atoms with Crippen LogP contribution in [0.25, 0.3) is 27.6 Å². The summed E-state index contributed by atoms with van der Waals surface area (Å²) in [4.78, 5) is 60.0. The van der Waals surface area contributed by atoms with Crippen molar-refractivity contribution < 1.29 is 23.0 Å². The van der Waals surface area contributed by atoms with Gasteiger partial charge in [-0.25, -0.2) is 13.6 Å². The fraction of sp³-hybridized carbons (Fsp3) is 0.405. The lowest BCUT2D eigenvalue weighted by Crippen LogP contribution is -2.45. The van der Waals surface area contributed by atoms with E-state index in [1.54, 1.807) is 46.1 Å². The third-order valence-corrected chi connectivity index (χ3v) is 10.8. The summed E-state index contributed by atoms with van der Waals surface area (Å²) < 4.78 is 46.4. The fourth-order valence-corrected chi connectivity index (χ4v) is 7.59. The molecule has 0 unspecified atom stereocenters. The van der Waals surface area contributed by atoms with Crippen LogP contribution in [0.5, 0.6) is 5.75 Å². The minimum atomic E-state index is -0.620. The molecule has 2 saturated heterocycles. The summed E-state index contributed by atoms with van der Waals surface area (Å²) in [6.07, 6.45) is 10.8. The van der Waals surface area contributed by atoms with Crippen molar-refractivity contribution in [2.75, 3.05) is 32.8 Å². The standard InChI is InChI=1S/C42H46F2N6O6/c1-3-4-14-49-25-34(32-7-13-45-23-33(32)41(49)53)28-20-36(43)35(37(44)21-28)24-47-15-8-29(9-16-47)56-30-10-17-48(18-11-30)40(52)26-55-31-6-5-27(2)38(22-31)50-19-12-39(51)46-42(50)54/h5-7,12-13,19-23,25,29-30H,3-4,8-11,14-18,24,26H2,1-2H3,(H,46,51,54). The van der Waals surface area contributed by atoms with Crippen LogP contribution in [0, 0.1) is 18.6 Å². The molecule has 5 heterocycles. The Bertz CT molecular complexity index is 2370. The minimum Gasteiger partial charge on any atom is -0.484 e. The number of H-pyrrole nitrogens is 1. The molecule has 5 aromatic rings. The molecule has 12 nitrogen and oxygen atoms in total. The number of nitrogens with one attached hydrogen (secondary N) is 1. The highest BCUT2D eigenvalue weighted by molar-refractivity contribution is 5.95. The summed E-state index contributed by atoms with van der Waals surface area (Å²) in [6.45, 7) is 6.73. The van der Waals surface area contributed by atoms with E-state index in [0.29, 0.717) is 78.9 Å². The molecule has 2 fully saturated rings. The number of piperidine rings is 2. The lowest BCUT2D eigenvalue weighted by molar-refractivity contribution is -0.137. The van der Waals surface area contributed by atoms with Gasteiger partial charge >= 0.3 is 5.69 Å². The summed E-state index contributed by atoms with van der Waals surface area (Å²) in [5, 5.41) is 1.02. The first kappa shape index (κ1) is 38.8. The molecule has 2 aliphatic rings. The Labute approximate surface area is 322 Å². The van der Waals surface area contributed by atoms with Crippen molar-refractivity contribution >= 4 is 16.7 Å². The van der Waals surface area contributed by atoms with E-state index in [1.807, 2.05) is 18.7 Å². The number of aromatic nitrogens is 4. The average Bonchev–Trinajstić information content (AvgIpc) is 3.19. The number of hydrogen-bond donors (Lipinski definition) is 1. The van der Waals surface area contributed by atoms with Crippen molar-refractivity contribution in [3.05, 3.63) is 121 Å². The Morgan fingerprint density at radius 1 is 0.929 bits per heavy atom. The Balaban J connectivity index is 0.888. The molecule has 7 rings (SSSR count). The molecule has 294 valence electrons. The van der Waals surface area contributed by atoms with Gasteiger partial charge in [0.05, 0.1) is 23.3 Å². The molecule has 0 saturated carbocycles. The molecule has 3 aromatic heterocycles. The third kappa shape index (κ3) is 8.66. The maximum absolute atomic E-state index is 15.6. The van der Waals surface area contributed by atoms with E-state index in [1.165, 1.54) is 35.2 Å². The highest BCUT2D eigenvalue weighted by Gasteiger charge is 2.29. The smallest absolute Gasteiger partial charge is 0.332 e. The molecule has 0 spiro atoms. The number of rotatable bonds is 12. The lowest BCUT2D eigenvalue weighted by atomic mass is 9.99. The molecular weight excluding hydrogens is 722 g/mol. The first-order valence-corrected chi connectivity index (χ1v) is 19.2. The summed E-state index contributed by atoms with van der Waals surface area (Å²) in [6, 6.07) is 10.9. The number of aryl methyl sites for hydroxylation is 2. The molecule has 14 heteroatoms. The number of benzene rings is 2. The number of pyridine rings is 2. The van der Waals surface area contributed by atoms with Crippen molar-refractivity contribution in [1.29, 1.82) is 0 Å². The number of carbonyl (C=O) groups is 1. The Kier molecular flexibility index (Phi) is 11.9. The third-order valence-electron chi connectivity index (χ3n) is 10.8. The van der Waals surface area contributed by atoms with E-state index in [9.17, 15) is 19.2 Å². The van der Waals surface area contributed by atoms with Gasteiger partial charge in [-0.05, 0) is 79.8 Å². The molecule has 0 aliphatic carbocycles. The second-order valence-corrected chi connectivity index (χ2v) is 14.6. The number of halogens is 2. The van der Waals surface area contributed by atoms with E-state index in [-0.39, 0.29) is 42.4 Å². The normalized spacial score (nSPS) is 15.8. The van der Waals surface area contributed by atoms with Crippen molar-refractivity contribution in [2.24, 2.45) is 0 Å². The molecule has 0 atom stereocenters. The van der Waals surface area contributed by atoms with Crippen LogP contribution in [0.3, 0.4) is 0 Å². The van der Waals surface area contributed by atoms with Gasteiger partial charge in [-0.2, -0.15) is 0 Å². The minimum absolute atomic E-state index is 0.0115. The van der Waals surface area contributed by atoms with Crippen LogP contribution in [-0.4, -0.2) is 79.8 Å². The number of unbranched alkanes of at least 4 members (excludes halogenated alkanes) is 1. The van der Waals surface area contributed by atoms with Gasteiger partial charge in [-0.1, -0.05) is 19.4 Å². The van der Waals surface area contributed by atoms with Gasteiger partial charge in [0.15, 0.2) is 6.61 Å². The van der Waals surface area contributed by atoms with E-state index < -0.39 is 22.9 Å². The summed E-state index contributed by atoms with van der Waals surface area (Å²) in [5.74, 6) is -0.956. The first-order valence-electron chi connectivity index (χ1n) is 19.2. The van der Waals surface area contributed by atoms with Crippen LogP contribution in [0.15, 0.2) is 81.6 Å². The number of nitrogens with zero attached hydrogens (tertiary/aromatic N) is 5. The molecule has 1 amide bonds. The summed E-state index contributed by atoms with van der Waals surface area (Å²) in [7, 11) is 0. The molecule has 2 aliphatic heterocycles. The Hall–Kier alpha value is -5.47. The highest BCUT2D eigenvalue weighted by Crippen LogP contribution is 2.31. The van der Waals surface area contributed by atoms with Gasteiger partial charge in [0.25, 0.3) is 17.0 Å². The number of amides is 1.